The van der Waals surface area contributed by atoms with Crippen molar-refractivity contribution in [3.05, 3.63) is 0 Å². The van der Waals surface area contributed by atoms with Crippen LogP contribution in [-0.2, 0) is 9.59 Å². The van der Waals surface area contributed by atoms with E-state index in [0.717, 1.165) is 19.4 Å². The Morgan fingerprint density at radius 1 is 1.44 bits per heavy atom. The Bertz CT molecular complexity index is 305. The number of carbonyl (C=O) groups is 2. The van der Waals surface area contributed by atoms with E-state index in [4.69, 9.17) is 0 Å². The lowest BCUT2D eigenvalue weighted by Crippen LogP contribution is -2.49. The van der Waals surface area contributed by atoms with Gasteiger partial charge in [0.2, 0.25) is 5.91 Å². The highest BCUT2D eigenvalue weighted by atomic mass is 16.3. The largest absolute Gasteiger partial charge is 0.392 e. The molecule has 1 aliphatic rings. The average molecular weight is 256 g/mol. The van der Waals surface area contributed by atoms with Gasteiger partial charge >= 0.3 is 0 Å². The third-order valence-electron chi connectivity index (χ3n) is 3.27. The van der Waals surface area contributed by atoms with Crippen LogP contribution in [0.15, 0.2) is 0 Å². The molecule has 5 heteroatoms. The third-order valence-corrected chi connectivity index (χ3v) is 3.27. The molecule has 2 atom stereocenters. The van der Waals surface area contributed by atoms with Gasteiger partial charge in [-0.3, -0.25) is 14.5 Å². The quantitative estimate of drug-likeness (QED) is 0.736. The predicted molar refractivity (Wildman–Crippen MR) is 69.1 cm³/mol. The molecule has 1 saturated heterocycles. The van der Waals surface area contributed by atoms with Crippen molar-refractivity contribution in [3.63, 3.8) is 0 Å². The van der Waals surface area contributed by atoms with E-state index in [1.165, 1.54) is 6.92 Å². The van der Waals surface area contributed by atoms with Gasteiger partial charge in [0.1, 0.15) is 0 Å². The van der Waals surface area contributed by atoms with E-state index in [1.54, 1.807) is 0 Å². The summed E-state index contributed by atoms with van der Waals surface area (Å²) in [6.45, 7) is 6.95. The lowest BCUT2D eigenvalue weighted by Gasteiger charge is -2.30. The van der Waals surface area contributed by atoms with E-state index in [9.17, 15) is 14.7 Å². The number of aliphatic hydroxyl groups is 1. The maximum Gasteiger partial charge on any atom is 0.234 e. The van der Waals surface area contributed by atoms with Crippen molar-refractivity contribution in [1.82, 2.24) is 10.2 Å². The van der Waals surface area contributed by atoms with Gasteiger partial charge in [-0.15, -0.1) is 0 Å². The van der Waals surface area contributed by atoms with Gasteiger partial charge in [-0.1, -0.05) is 13.8 Å². The number of hydrogen-bond acceptors (Lipinski definition) is 4. The van der Waals surface area contributed by atoms with Crippen LogP contribution >= 0.6 is 0 Å². The van der Waals surface area contributed by atoms with Crippen LogP contribution in [0.2, 0.25) is 0 Å². The summed E-state index contributed by atoms with van der Waals surface area (Å²) < 4.78 is 0. The fraction of sp³-hybridized carbons (Fsp3) is 0.846. The Balaban J connectivity index is 2.42. The number of aliphatic hydroxyl groups excluding tert-OH is 1. The van der Waals surface area contributed by atoms with Crippen molar-refractivity contribution >= 4 is 11.7 Å². The predicted octanol–water partition coefficient (Wildman–Crippen LogP) is 0.173. The summed E-state index contributed by atoms with van der Waals surface area (Å²) >= 11 is 0. The molecule has 1 heterocycles. The first-order valence-corrected chi connectivity index (χ1v) is 6.60. The van der Waals surface area contributed by atoms with Crippen molar-refractivity contribution in [2.45, 2.75) is 45.8 Å². The molecule has 0 aliphatic carbocycles. The van der Waals surface area contributed by atoms with Crippen LogP contribution in [-0.4, -0.2) is 53.5 Å². The van der Waals surface area contributed by atoms with Crippen molar-refractivity contribution in [2.75, 3.05) is 19.6 Å². The van der Waals surface area contributed by atoms with Crippen LogP contribution in [0.3, 0.4) is 0 Å². The molecule has 1 unspecified atom stereocenters. The summed E-state index contributed by atoms with van der Waals surface area (Å²) in [4.78, 5) is 25.2. The first-order valence-electron chi connectivity index (χ1n) is 6.60. The van der Waals surface area contributed by atoms with E-state index >= 15 is 0 Å². The standard InChI is InChI=1S/C13H24N2O3/c1-9(2)13(10(3)16)14-12(18)8-15-6-4-5-11(17)7-15/h9,11,13,17H,4-8H2,1-3H3,(H,14,18)/t11-,13?/m0/s1. The van der Waals surface area contributed by atoms with Gasteiger partial charge in [-0.25, -0.2) is 0 Å². The summed E-state index contributed by atoms with van der Waals surface area (Å²) in [5, 5.41) is 12.3. The van der Waals surface area contributed by atoms with Crippen molar-refractivity contribution in [2.24, 2.45) is 5.92 Å². The second kappa shape index (κ2) is 6.85. The highest BCUT2D eigenvalue weighted by Crippen LogP contribution is 2.09. The van der Waals surface area contributed by atoms with Crippen molar-refractivity contribution < 1.29 is 14.7 Å². The van der Waals surface area contributed by atoms with Crippen LogP contribution in [0.4, 0.5) is 0 Å². The molecule has 1 aliphatic heterocycles. The van der Waals surface area contributed by atoms with Crippen molar-refractivity contribution in [1.29, 1.82) is 0 Å². The second-order valence-electron chi connectivity index (χ2n) is 5.43. The molecule has 1 fully saturated rings. The van der Waals surface area contributed by atoms with Gasteiger partial charge in [-0.05, 0) is 32.2 Å². The number of β-amino-alcohol motifs (C(OH)–C–C–N with tert-alkyl or cyclic N) is 1. The Morgan fingerprint density at radius 3 is 2.61 bits per heavy atom. The summed E-state index contributed by atoms with van der Waals surface area (Å²) in [5.41, 5.74) is 0. The highest BCUT2D eigenvalue weighted by molar-refractivity contribution is 5.88. The molecule has 0 aromatic carbocycles. The molecule has 0 saturated carbocycles. The zero-order chi connectivity index (χ0) is 13.7. The van der Waals surface area contributed by atoms with Gasteiger partial charge in [0.15, 0.2) is 5.78 Å². The van der Waals surface area contributed by atoms with Gasteiger partial charge in [0.05, 0.1) is 18.7 Å². The fourth-order valence-corrected chi connectivity index (χ4v) is 2.33. The van der Waals surface area contributed by atoms with E-state index in [2.05, 4.69) is 5.32 Å². The van der Waals surface area contributed by atoms with Crippen LogP contribution in [0.25, 0.3) is 0 Å². The summed E-state index contributed by atoms with van der Waals surface area (Å²) in [5.74, 6) is -0.0616. The van der Waals surface area contributed by atoms with E-state index in [0.29, 0.717) is 6.54 Å². The Morgan fingerprint density at radius 2 is 2.11 bits per heavy atom. The highest BCUT2D eigenvalue weighted by Gasteiger charge is 2.23. The molecule has 1 rings (SSSR count). The maximum absolute atomic E-state index is 11.9. The first kappa shape index (κ1) is 15.1. The topological polar surface area (TPSA) is 69.6 Å². The zero-order valence-electron chi connectivity index (χ0n) is 11.5. The van der Waals surface area contributed by atoms with Gasteiger partial charge in [0.25, 0.3) is 0 Å². The summed E-state index contributed by atoms with van der Waals surface area (Å²) in [7, 11) is 0. The molecule has 1 amide bonds. The number of nitrogens with one attached hydrogen (secondary N) is 1. The maximum atomic E-state index is 11.9. The number of piperidine rings is 1. The molecule has 0 aromatic rings. The minimum absolute atomic E-state index is 0.0166. The Kier molecular flexibility index (Phi) is 5.75. The molecule has 0 spiro atoms. The number of ketones is 1. The van der Waals surface area contributed by atoms with Crippen molar-refractivity contribution in [3.8, 4) is 0 Å². The minimum Gasteiger partial charge on any atom is -0.392 e. The first-order chi connectivity index (χ1) is 8.40. The second-order valence-corrected chi connectivity index (χ2v) is 5.43. The molecular weight excluding hydrogens is 232 g/mol. The van der Waals surface area contributed by atoms with Gasteiger partial charge < -0.3 is 10.4 Å². The van der Waals surface area contributed by atoms with Gasteiger partial charge in [-0.2, -0.15) is 0 Å². The van der Waals surface area contributed by atoms with E-state index < -0.39 is 6.04 Å². The number of Topliss-reactive ketones (excluding diaryl/α,β-unsaturated/α-hetero) is 1. The smallest absolute Gasteiger partial charge is 0.234 e. The summed E-state index contributed by atoms with van der Waals surface area (Å²) in [6.07, 6.45) is 1.38. The normalized spacial score (nSPS) is 22.8. The molecular formula is C13H24N2O3. The van der Waals surface area contributed by atoms with Gasteiger partial charge in [0, 0.05) is 6.54 Å². The van der Waals surface area contributed by atoms with Crippen LogP contribution < -0.4 is 5.32 Å². The zero-order valence-corrected chi connectivity index (χ0v) is 11.5. The molecule has 0 radical (unpaired) electrons. The minimum atomic E-state index is -0.410. The Labute approximate surface area is 109 Å². The Hall–Kier alpha value is -0.940. The van der Waals surface area contributed by atoms with E-state index in [-0.39, 0.29) is 30.3 Å². The van der Waals surface area contributed by atoms with E-state index in [1.807, 2.05) is 18.7 Å². The monoisotopic (exact) mass is 256 g/mol. The molecule has 104 valence electrons. The lowest BCUT2D eigenvalue weighted by molar-refractivity contribution is -0.129. The number of likely N-dealkylation sites (tertiary alicyclic amines) is 1. The SMILES string of the molecule is CC(=O)C(NC(=O)CN1CCC[C@H](O)C1)C(C)C. The number of rotatable bonds is 5. The lowest BCUT2D eigenvalue weighted by atomic mass is 10.0. The van der Waals surface area contributed by atoms with Crippen LogP contribution in [0, 0.1) is 5.92 Å². The third kappa shape index (κ3) is 4.74. The number of hydrogen-bond donors (Lipinski definition) is 2. The van der Waals surface area contributed by atoms with Crippen LogP contribution in [0.5, 0.6) is 0 Å². The average Bonchev–Trinajstić information content (AvgIpc) is 2.25. The molecule has 5 nitrogen and oxygen atoms in total. The summed E-state index contributed by atoms with van der Waals surface area (Å²) in [6, 6.07) is -0.410. The fourth-order valence-electron chi connectivity index (χ4n) is 2.33. The number of carbonyl (C=O) groups excluding carboxylic acids is 2. The number of nitrogens with zero attached hydrogens (tertiary/aromatic N) is 1. The molecule has 18 heavy (non-hydrogen) atoms. The molecule has 2 N–H and O–H groups in total. The van der Waals surface area contributed by atoms with Crippen LogP contribution in [0.1, 0.15) is 33.6 Å². The number of amides is 1. The molecule has 0 bridgehead atoms. The molecule has 0 aromatic heterocycles.